The number of hydrogen-bond acceptors (Lipinski definition) is 1. The van der Waals surface area contributed by atoms with Crippen LogP contribution >= 0.6 is 10.6 Å². The van der Waals surface area contributed by atoms with Crippen LogP contribution in [0.4, 0.5) is 0 Å². The van der Waals surface area contributed by atoms with Gasteiger partial charge in [-0.05, 0) is 0 Å². The van der Waals surface area contributed by atoms with Crippen molar-refractivity contribution in [2.45, 2.75) is 0 Å². The molecule has 0 bridgehead atoms. The Morgan fingerprint density at radius 1 is 1.80 bits per heavy atom. The highest BCUT2D eigenvalue weighted by atomic mass is 32.2. The first-order valence-corrected chi connectivity index (χ1v) is 3.92. The maximum atomic E-state index is 3.03. The van der Waals surface area contributed by atoms with E-state index in [1.807, 2.05) is 16.8 Å². The molecule has 1 rings (SSSR count). The quantitative estimate of drug-likeness (QED) is 0.433. The van der Waals surface area contributed by atoms with Gasteiger partial charge in [0.1, 0.15) is 8.18 Å². The molecular formula is C2H3NSSi. The summed E-state index contributed by atoms with van der Waals surface area (Å²) in [5.41, 5.74) is 0. The Labute approximate surface area is 36.1 Å². The minimum absolute atomic E-state index is 0.864. The monoisotopic (exact) mass is 101 g/mol. The Balaban J connectivity index is 2.77. The second-order valence-corrected chi connectivity index (χ2v) is 2.99. The molecule has 0 aromatic carbocycles. The maximum Gasteiger partial charge on any atom is 0.140 e. The third-order valence-electron chi connectivity index (χ3n) is 0.337. The van der Waals surface area contributed by atoms with E-state index in [1.165, 1.54) is 0 Å². The molecule has 1 aliphatic rings. The van der Waals surface area contributed by atoms with Crippen LogP contribution in [0.2, 0.25) is 0 Å². The summed E-state index contributed by atoms with van der Waals surface area (Å²) in [6.07, 6.45) is 1.96. The van der Waals surface area contributed by atoms with E-state index in [4.69, 9.17) is 0 Å². The van der Waals surface area contributed by atoms with Gasteiger partial charge in [0.15, 0.2) is 0 Å². The Hall–Kier alpha value is -0.0231. The molecule has 0 radical (unpaired) electrons. The topological polar surface area (TPSA) is 12.0 Å². The van der Waals surface area contributed by atoms with Crippen molar-refractivity contribution in [3.05, 3.63) is 11.6 Å². The van der Waals surface area contributed by atoms with Crippen LogP contribution in [-0.4, -0.2) is 8.18 Å². The van der Waals surface area contributed by atoms with E-state index in [-0.39, 0.29) is 0 Å². The van der Waals surface area contributed by atoms with Crippen molar-refractivity contribution < 1.29 is 0 Å². The van der Waals surface area contributed by atoms with Crippen LogP contribution in [0.1, 0.15) is 0 Å². The highest BCUT2D eigenvalue weighted by Crippen LogP contribution is 1.81. The normalized spacial score (nSPS) is 14.4. The molecule has 0 fully saturated rings. The van der Waals surface area contributed by atoms with Gasteiger partial charge < -0.3 is 4.98 Å². The predicted molar refractivity (Wildman–Crippen MR) is 25.6 cm³/mol. The fourth-order valence-corrected chi connectivity index (χ4v) is 1.53. The molecule has 0 aromatic rings. The zero-order valence-corrected chi connectivity index (χ0v) is 4.38. The lowest BCUT2D eigenvalue weighted by Crippen LogP contribution is -1.92. The van der Waals surface area contributed by atoms with Gasteiger partial charge in [-0.2, -0.15) is 0 Å². The van der Waals surface area contributed by atoms with Gasteiger partial charge in [0.25, 0.3) is 0 Å². The number of nitrogens with one attached hydrogen (secondary N) is 1. The van der Waals surface area contributed by atoms with Crippen molar-refractivity contribution in [1.29, 1.82) is 0 Å². The number of rotatable bonds is 0. The molecular weight excluding hydrogens is 98.2 g/mol. The van der Waals surface area contributed by atoms with Crippen molar-refractivity contribution in [2.75, 3.05) is 0 Å². The van der Waals surface area contributed by atoms with E-state index < -0.39 is 0 Å². The molecule has 1 heterocycles. The van der Waals surface area contributed by atoms with Crippen molar-refractivity contribution in [2.24, 2.45) is 0 Å². The Kier molecular flexibility index (Phi) is 0.904. The molecule has 0 unspecified atom stereocenters. The highest BCUT2D eigenvalue weighted by molar-refractivity contribution is 7.99. The van der Waals surface area contributed by atoms with Gasteiger partial charge in [-0.25, -0.2) is 0 Å². The van der Waals surface area contributed by atoms with E-state index in [0.717, 1.165) is 8.18 Å². The van der Waals surface area contributed by atoms with Gasteiger partial charge in [0, 0.05) is 11.6 Å². The van der Waals surface area contributed by atoms with E-state index in [9.17, 15) is 0 Å². The van der Waals surface area contributed by atoms with Crippen LogP contribution < -0.4 is 4.98 Å². The van der Waals surface area contributed by atoms with E-state index in [1.54, 1.807) is 0 Å². The molecule has 0 aliphatic carbocycles. The van der Waals surface area contributed by atoms with E-state index >= 15 is 0 Å². The number of hydrogen-bond donors (Lipinski definition) is 1. The van der Waals surface area contributed by atoms with Crippen molar-refractivity contribution in [3.63, 3.8) is 0 Å². The molecule has 1 N–H and O–H groups in total. The summed E-state index contributed by atoms with van der Waals surface area (Å²) in [5, 5.41) is 2.05. The molecule has 0 amide bonds. The van der Waals surface area contributed by atoms with Gasteiger partial charge in [-0.15, -0.1) is 10.6 Å². The fraction of sp³-hybridized carbons (Fsp3) is 0. The molecule has 0 spiro atoms. The molecule has 1 nitrogen and oxygen atoms in total. The Morgan fingerprint density at radius 3 is 3.00 bits per heavy atom. The zero-order chi connectivity index (χ0) is 3.54. The van der Waals surface area contributed by atoms with Gasteiger partial charge in [-0.1, -0.05) is 0 Å². The minimum Gasteiger partial charge on any atom is -0.357 e. The summed E-state index contributed by atoms with van der Waals surface area (Å²) >= 11 is 0. The highest BCUT2D eigenvalue weighted by Gasteiger charge is 1.66. The molecule has 0 saturated carbocycles. The van der Waals surface area contributed by atoms with Crippen LogP contribution in [0, 0.1) is 0 Å². The Morgan fingerprint density at radius 2 is 2.80 bits per heavy atom. The first kappa shape index (κ1) is 3.18. The SMILES string of the molecule is C1=CS#[Si]N1. The second-order valence-electron chi connectivity index (χ2n) is 0.667. The van der Waals surface area contributed by atoms with Crippen LogP contribution in [0.3, 0.4) is 0 Å². The lowest BCUT2D eigenvalue weighted by Gasteiger charge is -1.65. The average molecular weight is 101 g/mol. The largest absolute Gasteiger partial charge is 0.357 e. The fourth-order valence-electron chi connectivity index (χ4n) is 0.170. The van der Waals surface area contributed by atoms with E-state index in [2.05, 4.69) is 10.4 Å². The van der Waals surface area contributed by atoms with E-state index in [0.29, 0.717) is 0 Å². The zero-order valence-electron chi connectivity index (χ0n) is 2.56. The van der Waals surface area contributed by atoms with Gasteiger partial charge in [-0.3, -0.25) is 0 Å². The van der Waals surface area contributed by atoms with Crippen LogP contribution in [-0.2, 0) is 0 Å². The summed E-state index contributed by atoms with van der Waals surface area (Å²) in [6.45, 7) is 0. The summed E-state index contributed by atoms with van der Waals surface area (Å²) < 4.78 is 0. The van der Waals surface area contributed by atoms with Crippen molar-refractivity contribution >= 4 is 18.7 Å². The van der Waals surface area contributed by atoms with Gasteiger partial charge in [0.2, 0.25) is 0 Å². The molecule has 0 atom stereocenters. The standard InChI is InChI=1S/C2H3NSSi/c1-2-4-5-3-1/h1-3H. The average Bonchev–Trinajstić information content (AvgIpc) is 1.76. The lowest BCUT2D eigenvalue weighted by molar-refractivity contribution is 1.41. The van der Waals surface area contributed by atoms with Crippen LogP contribution in [0.25, 0.3) is 0 Å². The van der Waals surface area contributed by atoms with Crippen LogP contribution in [0.5, 0.6) is 0 Å². The molecule has 26 valence electrons. The molecule has 3 heteroatoms. The first-order chi connectivity index (χ1) is 2.50. The lowest BCUT2D eigenvalue weighted by atomic mass is 11.1. The van der Waals surface area contributed by atoms with Crippen LogP contribution in [0.15, 0.2) is 11.6 Å². The third-order valence-corrected chi connectivity index (χ3v) is 2.13. The first-order valence-electron chi connectivity index (χ1n) is 1.31. The summed E-state index contributed by atoms with van der Waals surface area (Å²) in [4.78, 5) is 3.03. The van der Waals surface area contributed by atoms with Gasteiger partial charge >= 0.3 is 0 Å². The minimum atomic E-state index is 0.864. The summed E-state index contributed by atoms with van der Waals surface area (Å²) in [6, 6.07) is 0. The van der Waals surface area contributed by atoms with Crippen molar-refractivity contribution in [1.82, 2.24) is 4.98 Å². The summed E-state index contributed by atoms with van der Waals surface area (Å²) in [5.74, 6) is 0. The Bertz CT molecular complexity index is 109. The smallest absolute Gasteiger partial charge is 0.140 e. The molecule has 0 saturated heterocycles. The maximum absolute atomic E-state index is 3.03. The van der Waals surface area contributed by atoms with Gasteiger partial charge in [0.05, 0.1) is 0 Å². The molecule has 5 heavy (non-hydrogen) atoms. The molecule has 1 aliphatic heterocycles. The third kappa shape index (κ3) is 0.627. The molecule has 0 aromatic heterocycles. The predicted octanol–water partition coefficient (Wildman–Crippen LogP) is 0.328. The second kappa shape index (κ2) is 1.42. The summed E-state index contributed by atoms with van der Waals surface area (Å²) in [7, 11) is 2.67. The van der Waals surface area contributed by atoms with Crippen molar-refractivity contribution in [3.8, 4) is 0 Å².